The van der Waals surface area contributed by atoms with Gasteiger partial charge >= 0.3 is 11.6 Å². The molecule has 2 heterocycles. The van der Waals surface area contributed by atoms with Crippen molar-refractivity contribution in [1.82, 2.24) is 0 Å². The number of aryl methyl sites for hydroxylation is 1. The zero-order chi connectivity index (χ0) is 15.4. The van der Waals surface area contributed by atoms with Crippen LogP contribution >= 0.6 is 0 Å². The molecule has 0 saturated heterocycles. The number of hydrogen-bond donors (Lipinski definition) is 0. The fourth-order valence-corrected chi connectivity index (χ4v) is 2.23. The molecule has 0 amide bonds. The molecule has 4 heteroatoms. The zero-order valence-corrected chi connectivity index (χ0v) is 11.8. The Morgan fingerprint density at radius 3 is 2.45 bits per heavy atom. The maximum Gasteiger partial charge on any atom is 0.336 e. The van der Waals surface area contributed by atoms with Gasteiger partial charge in [-0.05, 0) is 30.2 Å². The lowest BCUT2D eigenvalue weighted by molar-refractivity contribution is -0.135. The third-order valence-electron chi connectivity index (χ3n) is 3.32. The van der Waals surface area contributed by atoms with Gasteiger partial charge in [0, 0.05) is 11.5 Å². The zero-order valence-electron chi connectivity index (χ0n) is 11.8. The third kappa shape index (κ3) is 3.23. The van der Waals surface area contributed by atoms with Crippen LogP contribution in [0.2, 0.25) is 0 Å². The molecule has 0 N–H and O–H groups in total. The summed E-state index contributed by atoms with van der Waals surface area (Å²) in [6.07, 6.45) is 1.33. The van der Waals surface area contributed by atoms with Crippen LogP contribution in [0.3, 0.4) is 0 Å². The highest BCUT2D eigenvalue weighted by molar-refractivity contribution is 5.76. The summed E-state index contributed by atoms with van der Waals surface area (Å²) in [4.78, 5) is 21.5. The van der Waals surface area contributed by atoms with Crippen LogP contribution in [0, 0.1) is 0 Å². The first-order valence-corrected chi connectivity index (χ1v) is 7.00. The minimum atomic E-state index is -0.302. The predicted octanol–water partition coefficient (Wildman–Crippen LogP) is 3.33. The quantitative estimate of drug-likeness (QED) is 0.362. The van der Waals surface area contributed by atoms with Gasteiger partial charge in [-0.2, -0.15) is 0 Å². The van der Waals surface area contributed by atoms with E-state index in [0.717, 1.165) is 23.1 Å². The van der Waals surface area contributed by atoms with Gasteiger partial charge in [-0.1, -0.05) is 36.4 Å². The van der Waals surface area contributed by atoms with Gasteiger partial charge < -0.3 is 9.15 Å². The minimum Gasteiger partial charge on any atom is -0.426 e. The summed E-state index contributed by atoms with van der Waals surface area (Å²) >= 11 is 0. The Morgan fingerprint density at radius 1 is 0.773 bits per heavy atom. The second kappa shape index (κ2) is 6.26. The Kier molecular flexibility index (Phi) is 4.01. The Labute approximate surface area is 127 Å². The van der Waals surface area contributed by atoms with Crippen molar-refractivity contribution in [3.8, 4) is 5.75 Å². The number of rotatable bonds is 0. The fraction of sp³-hybridized carbons (Fsp3) is 0.111. The number of carbonyl (C=O) groups excluding carboxylic acids is 1. The molecule has 1 aromatic heterocycles. The van der Waals surface area contributed by atoms with E-state index < -0.39 is 0 Å². The molecule has 0 spiro atoms. The molecule has 0 radical (unpaired) electrons. The normalized spacial score (nSPS) is 12.8. The summed E-state index contributed by atoms with van der Waals surface area (Å²) in [5.41, 5.74) is 1.47. The summed E-state index contributed by atoms with van der Waals surface area (Å²) in [6.45, 7) is 0. The van der Waals surface area contributed by atoms with E-state index in [2.05, 4.69) is 0 Å². The number of para-hydroxylation sites is 2. The number of ether oxygens (including phenoxy) is 1. The number of esters is 1. The second-order valence-electron chi connectivity index (χ2n) is 4.87. The van der Waals surface area contributed by atoms with E-state index in [1.807, 2.05) is 42.5 Å². The molecule has 0 bridgehead atoms. The first-order chi connectivity index (χ1) is 10.7. The van der Waals surface area contributed by atoms with Crippen LogP contribution in [-0.4, -0.2) is 5.97 Å². The monoisotopic (exact) mass is 294 g/mol. The van der Waals surface area contributed by atoms with E-state index >= 15 is 0 Å². The van der Waals surface area contributed by atoms with Gasteiger partial charge in [-0.25, -0.2) is 4.79 Å². The molecular formula is C18H14O4. The van der Waals surface area contributed by atoms with Gasteiger partial charge in [-0.3, -0.25) is 4.79 Å². The molecule has 0 atom stereocenters. The smallest absolute Gasteiger partial charge is 0.336 e. The van der Waals surface area contributed by atoms with Gasteiger partial charge in [0.1, 0.15) is 11.3 Å². The van der Waals surface area contributed by atoms with Crippen molar-refractivity contribution >= 4 is 16.9 Å². The van der Waals surface area contributed by atoms with Crippen LogP contribution in [0.25, 0.3) is 11.0 Å². The fourth-order valence-electron chi connectivity index (χ4n) is 2.23. The maximum absolute atomic E-state index is 10.8. The standard InChI is InChI=1S/C9H8O2.C9H6O2/c2*10-9-6-5-7-3-1-2-4-8(7)11-9/h1-4H,5-6H2;1-6H. The highest BCUT2D eigenvalue weighted by atomic mass is 16.5. The number of benzene rings is 2. The van der Waals surface area contributed by atoms with Crippen molar-refractivity contribution in [2.45, 2.75) is 12.8 Å². The lowest BCUT2D eigenvalue weighted by Gasteiger charge is -2.13. The van der Waals surface area contributed by atoms with E-state index in [1.54, 1.807) is 12.1 Å². The van der Waals surface area contributed by atoms with Crippen molar-refractivity contribution < 1.29 is 13.9 Å². The lowest BCUT2D eigenvalue weighted by atomic mass is 10.1. The van der Waals surface area contributed by atoms with Crippen molar-refractivity contribution in [1.29, 1.82) is 0 Å². The molecule has 0 unspecified atom stereocenters. The molecule has 0 fully saturated rings. The van der Waals surface area contributed by atoms with E-state index in [4.69, 9.17) is 9.15 Å². The minimum absolute atomic E-state index is 0.122. The lowest BCUT2D eigenvalue weighted by Crippen LogP contribution is -2.15. The Balaban J connectivity index is 0.000000131. The molecule has 4 nitrogen and oxygen atoms in total. The van der Waals surface area contributed by atoms with E-state index in [1.165, 1.54) is 6.07 Å². The summed E-state index contributed by atoms with van der Waals surface area (Å²) in [6, 6.07) is 18.2. The van der Waals surface area contributed by atoms with Crippen molar-refractivity contribution in [2.24, 2.45) is 0 Å². The average Bonchev–Trinajstić information content (AvgIpc) is 2.55. The predicted molar refractivity (Wildman–Crippen MR) is 82.9 cm³/mol. The molecule has 3 aromatic rings. The number of carbonyl (C=O) groups is 1. The molecule has 1 aliphatic rings. The van der Waals surface area contributed by atoms with Gasteiger partial charge in [0.25, 0.3) is 0 Å². The van der Waals surface area contributed by atoms with Crippen LogP contribution in [-0.2, 0) is 11.2 Å². The average molecular weight is 294 g/mol. The first kappa shape index (κ1) is 14.1. The summed E-state index contributed by atoms with van der Waals surface area (Å²) < 4.78 is 9.90. The molecule has 0 saturated carbocycles. The highest BCUT2D eigenvalue weighted by Crippen LogP contribution is 2.23. The molecule has 1 aliphatic heterocycles. The van der Waals surface area contributed by atoms with Crippen molar-refractivity contribution in [2.75, 3.05) is 0 Å². The molecule has 4 rings (SSSR count). The van der Waals surface area contributed by atoms with Crippen LogP contribution in [0.1, 0.15) is 12.0 Å². The summed E-state index contributed by atoms with van der Waals surface area (Å²) in [7, 11) is 0. The molecule has 2 aromatic carbocycles. The molecular weight excluding hydrogens is 280 g/mol. The second-order valence-corrected chi connectivity index (χ2v) is 4.87. The summed E-state index contributed by atoms with van der Waals surface area (Å²) in [5.74, 6) is 0.604. The highest BCUT2D eigenvalue weighted by Gasteiger charge is 2.15. The van der Waals surface area contributed by atoms with Gasteiger partial charge in [0.2, 0.25) is 0 Å². The van der Waals surface area contributed by atoms with E-state index in [9.17, 15) is 9.59 Å². The van der Waals surface area contributed by atoms with Crippen LogP contribution < -0.4 is 10.4 Å². The van der Waals surface area contributed by atoms with Crippen molar-refractivity contribution in [3.63, 3.8) is 0 Å². The van der Waals surface area contributed by atoms with Crippen LogP contribution in [0.5, 0.6) is 5.75 Å². The third-order valence-corrected chi connectivity index (χ3v) is 3.32. The van der Waals surface area contributed by atoms with Gasteiger partial charge in [0.15, 0.2) is 0 Å². The van der Waals surface area contributed by atoms with Crippen molar-refractivity contribution in [3.05, 3.63) is 76.6 Å². The largest absolute Gasteiger partial charge is 0.426 e. The Bertz CT molecular complexity index is 864. The van der Waals surface area contributed by atoms with Crippen LogP contribution in [0.15, 0.2) is 69.9 Å². The summed E-state index contributed by atoms with van der Waals surface area (Å²) in [5, 5.41) is 0.951. The van der Waals surface area contributed by atoms with Gasteiger partial charge in [-0.15, -0.1) is 0 Å². The topological polar surface area (TPSA) is 56.5 Å². The number of fused-ring (bicyclic) bond motifs is 2. The van der Waals surface area contributed by atoms with E-state index in [0.29, 0.717) is 12.0 Å². The molecule has 22 heavy (non-hydrogen) atoms. The Hall–Kier alpha value is -2.88. The SMILES string of the molecule is O=C1CCc2ccccc2O1.O=c1ccc2ccccc2o1. The van der Waals surface area contributed by atoms with E-state index in [-0.39, 0.29) is 11.6 Å². The van der Waals surface area contributed by atoms with Crippen LogP contribution in [0.4, 0.5) is 0 Å². The van der Waals surface area contributed by atoms with Gasteiger partial charge in [0.05, 0.1) is 6.42 Å². The molecule has 0 aliphatic carbocycles. The maximum atomic E-state index is 10.8. The number of hydrogen-bond acceptors (Lipinski definition) is 4. The Morgan fingerprint density at radius 2 is 1.55 bits per heavy atom. The molecule has 110 valence electrons. The first-order valence-electron chi connectivity index (χ1n) is 7.00.